The van der Waals surface area contributed by atoms with Gasteiger partial charge in [-0.25, -0.2) is 4.98 Å². The van der Waals surface area contributed by atoms with Gasteiger partial charge >= 0.3 is 0 Å². The zero-order chi connectivity index (χ0) is 21.3. The van der Waals surface area contributed by atoms with E-state index < -0.39 is 0 Å². The highest BCUT2D eigenvalue weighted by molar-refractivity contribution is 7.99. The molecule has 1 aromatic heterocycles. The molecule has 154 valence electrons. The van der Waals surface area contributed by atoms with Crippen molar-refractivity contribution in [1.29, 1.82) is 0 Å². The summed E-state index contributed by atoms with van der Waals surface area (Å²) in [6.07, 6.45) is 1.77. The molecule has 3 nitrogen and oxygen atoms in total. The molecule has 30 heavy (non-hydrogen) atoms. The number of benzene rings is 2. The molecule has 0 aliphatic heterocycles. The molecule has 0 bridgehead atoms. The summed E-state index contributed by atoms with van der Waals surface area (Å²) in [4.78, 5) is 19.1. The fourth-order valence-corrected chi connectivity index (χ4v) is 5.03. The third kappa shape index (κ3) is 3.77. The molecule has 0 radical (unpaired) electrons. The Morgan fingerprint density at radius 1 is 1.17 bits per heavy atom. The molecule has 0 unspecified atom stereocenters. The minimum Gasteiger partial charge on any atom is -0.283 e. The van der Waals surface area contributed by atoms with Crippen molar-refractivity contribution >= 4 is 11.8 Å². The van der Waals surface area contributed by atoms with Crippen LogP contribution >= 0.6 is 11.8 Å². The average Bonchev–Trinajstić information content (AvgIpc) is 2.74. The lowest BCUT2D eigenvalue weighted by Crippen LogP contribution is -2.40. The Morgan fingerprint density at radius 2 is 1.87 bits per heavy atom. The van der Waals surface area contributed by atoms with Gasteiger partial charge in [-0.1, -0.05) is 92.4 Å². The van der Waals surface area contributed by atoms with Crippen molar-refractivity contribution in [2.75, 3.05) is 5.75 Å². The van der Waals surface area contributed by atoms with Crippen molar-refractivity contribution in [3.63, 3.8) is 0 Å². The van der Waals surface area contributed by atoms with E-state index in [1.165, 1.54) is 5.56 Å². The number of hydrogen-bond donors (Lipinski definition) is 0. The summed E-state index contributed by atoms with van der Waals surface area (Å²) in [6.45, 7) is 10.9. The van der Waals surface area contributed by atoms with Gasteiger partial charge < -0.3 is 0 Å². The van der Waals surface area contributed by atoms with E-state index in [0.717, 1.165) is 51.7 Å². The minimum absolute atomic E-state index is 0.0897. The molecule has 1 heterocycles. The van der Waals surface area contributed by atoms with Gasteiger partial charge in [0, 0.05) is 16.7 Å². The fourth-order valence-electron chi connectivity index (χ4n) is 4.19. The second-order valence-electron chi connectivity index (χ2n) is 8.49. The van der Waals surface area contributed by atoms with Crippen LogP contribution in [-0.4, -0.2) is 15.3 Å². The Kier molecular flexibility index (Phi) is 5.70. The van der Waals surface area contributed by atoms with Crippen LogP contribution in [0.25, 0.3) is 11.3 Å². The van der Waals surface area contributed by atoms with Crippen molar-refractivity contribution in [1.82, 2.24) is 9.55 Å². The van der Waals surface area contributed by atoms with Crippen molar-refractivity contribution in [3.8, 4) is 11.3 Å². The van der Waals surface area contributed by atoms with Crippen molar-refractivity contribution < 1.29 is 0 Å². The van der Waals surface area contributed by atoms with E-state index in [1.54, 1.807) is 11.8 Å². The second kappa shape index (κ2) is 8.27. The lowest BCUT2D eigenvalue weighted by molar-refractivity contribution is 0.430. The van der Waals surface area contributed by atoms with Crippen LogP contribution in [0.5, 0.6) is 0 Å². The third-order valence-electron chi connectivity index (χ3n) is 6.00. The minimum atomic E-state index is -0.218. The summed E-state index contributed by atoms with van der Waals surface area (Å²) in [7, 11) is 0. The van der Waals surface area contributed by atoms with Gasteiger partial charge in [0.1, 0.15) is 0 Å². The first-order valence-electron chi connectivity index (χ1n) is 10.5. The molecule has 0 amide bonds. The van der Waals surface area contributed by atoms with Crippen LogP contribution in [0.3, 0.4) is 0 Å². The first kappa shape index (κ1) is 20.7. The molecule has 1 aliphatic carbocycles. The molecule has 4 heteroatoms. The zero-order valence-corrected chi connectivity index (χ0v) is 18.8. The van der Waals surface area contributed by atoms with Crippen LogP contribution in [-0.2, 0) is 18.4 Å². The summed E-state index contributed by atoms with van der Waals surface area (Å²) < 4.78 is 1.86. The van der Waals surface area contributed by atoms with Crippen LogP contribution in [0.1, 0.15) is 43.9 Å². The van der Waals surface area contributed by atoms with E-state index in [0.29, 0.717) is 6.54 Å². The van der Waals surface area contributed by atoms with Crippen molar-refractivity contribution in [2.45, 2.75) is 50.7 Å². The molecule has 1 aliphatic rings. The summed E-state index contributed by atoms with van der Waals surface area (Å²) in [6, 6.07) is 18.5. The maximum absolute atomic E-state index is 14.0. The lowest BCUT2D eigenvalue weighted by Gasteiger charge is -2.36. The highest BCUT2D eigenvalue weighted by atomic mass is 32.2. The number of rotatable bonds is 6. The topological polar surface area (TPSA) is 34.9 Å². The normalized spacial score (nSPS) is 17.3. The molecular formula is C26H28N2OS. The van der Waals surface area contributed by atoms with Crippen LogP contribution < -0.4 is 5.56 Å². The molecule has 0 N–H and O–H groups in total. The third-order valence-corrected chi connectivity index (χ3v) is 7.21. The van der Waals surface area contributed by atoms with Crippen LogP contribution in [0.2, 0.25) is 0 Å². The van der Waals surface area contributed by atoms with Gasteiger partial charge in [-0.05, 0) is 30.9 Å². The van der Waals surface area contributed by atoms with E-state index in [2.05, 4.69) is 50.8 Å². The predicted molar refractivity (Wildman–Crippen MR) is 126 cm³/mol. The number of aromatic nitrogens is 2. The number of fused-ring (bicyclic) bond motifs is 3. The maximum Gasteiger partial charge on any atom is 0.258 e. The van der Waals surface area contributed by atoms with Gasteiger partial charge in [-0.15, -0.1) is 0 Å². The Balaban J connectivity index is 1.96. The molecule has 0 spiro atoms. The first-order valence-corrected chi connectivity index (χ1v) is 11.5. The fraction of sp³-hybridized carbons (Fsp3) is 0.308. The molecular weight excluding hydrogens is 388 g/mol. The van der Waals surface area contributed by atoms with Gasteiger partial charge in [0.15, 0.2) is 5.16 Å². The quantitative estimate of drug-likeness (QED) is 0.287. The SMILES string of the molecule is C=C(C)CSc1nc2c(c(=O)n1Cc1ccccc1)[C@](C)(CC)Cc1ccccc1-2. The Labute approximate surface area is 182 Å². The number of hydrogen-bond acceptors (Lipinski definition) is 3. The van der Waals surface area contributed by atoms with E-state index in [9.17, 15) is 4.79 Å². The van der Waals surface area contributed by atoms with Crippen LogP contribution in [0.15, 0.2) is 76.7 Å². The lowest BCUT2D eigenvalue weighted by atomic mass is 9.69. The average molecular weight is 417 g/mol. The maximum atomic E-state index is 14.0. The first-order chi connectivity index (χ1) is 14.4. The summed E-state index contributed by atoms with van der Waals surface area (Å²) in [5, 5.41) is 0.765. The highest BCUT2D eigenvalue weighted by Gasteiger charge is 2.38. The van der Waals surface area contributed by atoms with E-state index in [1.807, 2.05) is 35.8 Å². The van der Waals surface area contributed by atoms with E-state index >= 15 is 0 Å². The highest BCUT2D eigenvalue weighted by Crippen LogP contribution is 2.43. The summed E-state index contributed by atoms with van der Waals surface area (Å²) in [5.74, 6) is 0.743. The van der Waals surface area contributed by atoms with Crippen LogP contribution in [0.4, 0.5) is 0 Å². The molecule has 3 aromatic rings. The Hall–Kier alpha value is -2.59. The van der Waals surface area contributed by atoms with E-state index in [4.69, 9.17) is 4.98 Å². The van der Waals surface area contributed by atoms with E-state index in [-0.39, 0.29) is 11.0 Å². The number of nitrogens with zero attached hydrogens (tertiary/aromatic N) is 2. The smallest absolute Gasteiger partial charge is 0.258 e. The number of thioether (sulfide) groups is 1. The van der Waals surface area contributed by atoms with Gasteiger partial charge in [0.2, 0.25) is 0 Å². The monoisotopic (exact) mass is 416 g/mol. The Morgan fingerprint density at radius 3 is 2.57 bits per heavy atom. The standard InChI is InChI=1S/C26H28N2OS/c1-5-26(4)15-20-13-9-10-14-21(20)23-22(26)24(29)28(16-19-11-7-6-8-12-19)25(27-23)30-17-18(2)3/h6-14H,2,5,15-17H2,1,3-4H3/t26-/m1/s1. The van der Waals surface area contributed by atoms with Gasteiger partial charge in [-0.2, -0.15) is 0 Å². The second-order valence-corrected chi connectivity index (χ2v) is 9.43. The summed E-state index contributed by atoms with van der Waals surface area (Å²) in [5.41, 5.74) is 6.14. The van der Waals surface area contributed by atoms with Gasteiger partial charge in [0.05, 0.1) is 17.8 Å². The molecule has 0 saturated carbocycles. The predicted octanol–water partition coefficient (Wildman–Crippen LogP) is 5.85. The van der Waals surface area contributed by atoms with Crippen LogP contribution in [0, 0.1) is 0 Å². The molecule has 4 rings (SSSR count). The summed E-state index contributed by atoms with van der Waals surface area (Å²) >= 11 is 1.60. The molecule has 1 atom stereocenters. The Bertz CT molecular complexity index is 1150. The molecule has 0 saturated heterocycles. The zero-order valence-electron chi connectivity index (χ0n) is 17.9. The molecule has 0 fully saturated rings. The van der Waals surface area contributed by atoms with Gasteiger partial charge in [-0.3, -0.25) is 9.36 Å². The van der Waals surface area contributed by atoms with Crippen molar-refractivity contribution in [2.24, 2.45) is 0 Å². The largest absolute Gasteiger partial charge is 0.283 e. The van der Waals surface area contributed by atoms with Crippen molar-refractivity contribution in [3.05, 3.63) is 93.8 Å². The van der Waals surface area contributed by atoms with Gasteiger partial charge in [0.25, 0.3) is 5.56 Å². The molecule has 2 aromatic carbocycles.